The minimum Gasteiger partial charge on any atom is -0.373 e. The molecule has 19 heavy (non-hydrogen) atoms. The van der Waals surface area contributed by atoms with Crippen LogP contribution in [0.5, 0.6) is 0 Å². The monoisotopic (exact) mass is 254 g/mol. The van der Waals surface area contributed by atoms with Crippen molar-refractivity contribution in [1.29, 1.82) is 0 Å². The van der Waals surface area contributed by atoms with Crippen LogP contribution in [0.15, 0.2) is 49.2 Å². The zero-order valence-electron chi connectivity index (χ0n) is 10.5. The van der Waals surface area contributed by atoms with E-state index >= 15 is 0 Å². The molecule has 0 amide bonds. The molecule has 0 saturated carbocycles. The third-order valence-corrected chi connectivity index (χ3v) is 2.78. The highest BCUT2D eigenvalue weighted by molar-refractivity contribution is 5.42. The van der Waals surface area contributed by atoms with Gasteiger partial charge < -0.3 is 10.3 Å². The van der Waals surface area contributed by atoms with E-state index < -0.39 is 0 Å². The molecule has 3 rings (SSSR count). The molecule has 1 atom stereocenters. The Morgan fingerprint density at radius 3 is 2.95 bits per heavy atom. The molecule has 6 nitrogen and oxygen atoms in total. The van der Waals surface area contributed by atoms with E-state index in [2.05, 4.69) is 25.4 Å². The van der Waals surface area contributed by atoms with Crippen molar-refractivity contribution in [3.05, 3.63) is 55.0 Å². The summed E-state index contributed by atoms with van der Waals surface area (Å²) in [6.45, 7) is 2.04. The lowest BCUT2D eigenvalue weighted by Crippen LogP contribution is -2.07. The maximum absolute atomic E-state index is 4.28. The molecule has 96 valence electrons. The van der Waals surface area contributed by atoms with Crippen LogP contribution >= 0.6 is 0 Å². The van der Waals surface area contributed by atoms with Gasteiger partial charge in [0.2, 0.25) is 0 Å². The largest absolute Gasteiger partial charge is 0.373 e. The summed E-state index contributed by atoms with van der Waals surface area (Å²) in [7, 11) is 0. The normalized spacial score (nSPS) is 12.3. The van der Waals surface area contributed by atoms with Crippen molar-refractivity contribution >= 4 is 5.69 Å². The Morgan fingerprint density at radius 2 is 2.21 bits per heavy atom. The zero-order chi connectivity index (χ0) is 13.1. The minimum atomic E-state index is 0.0939. The number of rotatable bonds is 4. The Labute approximate surface area is 110 Å². The lowest BCUT2D eigenvalue weighted by molar-refractivity contribution is 0.809. The topological polar surface area (TPSA) is 71.4 Å². The smallest absolute Gasteiger partial charge is 0.153 e. The third-order valence-electron chi connectivity index (χ3n) is 2.78. The van der Waals surface area contributed by atoms with E-state index in [0.29, 0.717) is 0 Å². The number of aromatic nitrogens is 5. The maximum Gasteiger partial charge on any atom is 0.153 e. The van der Waals surface area contributed by atoms with Crippen molar-refractivity contribution in [3.8, 4) is 5.82 Å². The molecule has 0 bridgehead atoms. The Bertz CT molecular complexity index is 628. The van der Waals surface area contributed by atoms with Crippen LogP contribution in [-0.4, -0.2) is 24.7 Å². The van der Waals surface area contributed by atoms with Crippen LogP contribution < -0.4 is 5.32 Å². The second kappa shape index (κ2) is 4.93. The first-order valence-corrected chi connectivity index (χ1v) is 6.05. The first-order valence-electron chi connectivity index (χ1n) is 6.05. The summed E-state index contributed by atoms with van der Waals surface area (Å²) >= 11 is 0. The Kier molecular flexibility index (Phi) is 2.97. The zero-order valence-corrected chi connectivity index (χ0v) is 10.5. The number of nitrogens with one attached hydrogen (secondary N) is 2. The van der Waals surface area contributed by atoms with E-state index in [-0.39, 0.29) is 6.04 Å². The second-order valence-corrected chi connectivity index (χ2v) is 4.20. The van der Waals surface area contributed by atoms with Crippen LogP contribution in [0.1, 0.15) is 18.8 Å². The molecule has 2 N–H and O–H groups in total. The summed E-state index contributed by atoms with van der Waals surface area (Å²) in [5, 5.41) is 7.61. The van der Waals surface area contributed by atoms with Gasteiger partial charge in [-0.25, -0.2) is 14.6 Å². The molecule has 0 aliphatic rings. The predicted octanol–water partition coefficient (Wildman–Crippen LogP) is 2.16. The summed E-state index contributed by atoms with van der Waals surface area (Å²) in [6.07, 6.45) is 8.97. The van der Waals surface area contributed by atoms with Crippen molar-refractivity contribution in [2.75, 3.05) is 5.32 Å². The summed E-state index contributed by atoms with van der Waals surface area (Å²) in [5.74, 6) is 1.69. The van der Waals surface area contributed by atoms with E-state index in [9.17, 15) is 0 Å². The van der Waals surface area contributed by atoms with Crippen LogP contribution in [0.3, 0.4) is 0 Å². The number of pyridine rings is 1. The molecule has 0 aliphatic heterocycles. The maximum atomic E-state index is 4.28. The quantitative estimate of drug-likeness (QED) is 0.748. The molecule has 0 fully saturated rings. The molecule has 0 radical (unpaired) electrons. The summed E-state index contributed by atoms with van der Waals surface area (Å²) in [5.41, 5.74) is 0.926. The van der Waals surface area contributed by atoms with Crippen LogP contribution in [-0.2, 0) is 0 Å². The number of nitrogens with zero attached hydrogens (tertiary/aromatic N) is 4. The van der Waals surface area contributed by atoms with Gasteiger partial charge in [0.1, 0.15) is 5.82 Å². The van der Waals surface area contributed by atoms with Gasteiger partial charge in [0, 0.05) is 18.6 Å². The van der Waals surface area contributed by atoms with Gasteiger partial charge in [0.15, 0.2) is 5.82 Å². The van der Waals surface area contributed by atoms with Crippen LogP contribution in [0.4, 0.5) is 5.69 Å². The first-order chi connectivity index (χ1) is 9.33. The molecular formula is C13H14N6. The summed E-state index contributed by atoms with van der Waals surface area (Å²) in [4.78, 5) is 11.5. The van der Waals surface area contributed by atoms with Crippen molar-refractivity contribution in [1.82, 2.24) is 24.7 Å². The fourth-order valence-corrected chi connectivity index (χ4v) is 1.84. The number of H-pyrrole nitrogens is 1. The van der Waals surface area contributed by atoms with Crippen molar-refractivity contribution in [3.63, 3.8) is 0 Å². The van der Waals surface area contributed by atoms with Gasteiger partial charge in [0.05, 0.1) is 24.1 Å². The van der Waals surface area contributed by atoms with Gasteiger partial charge in [-0.15, -0.1) is 0 Å². The van der Waals surface area contributed by atoms with Crippen LogP contribution in [0.2, 0.25) is 0 Å². The first kappa shape index (κ1) is 11.5. The Hall–Kier alpha value is -2.63. The van der Waals surface area contributed by atoms with Gasteiger partial charge in [-0.1, -0.05) is 6.07 Å². The molecule has 0 spiro atoms. The molecule has 3 heterocycles. The van der Waals surface area contributed by atoms with Crippen molar-refractivity contribution in [2.45, 2.75) is 13.0 Å². The number of anilines is 1. The number of hydrogen-bond acceptors (Lipinski definition) is 4. The van der Waals surface area contributed by atoms with Crippen molar-refractivity contribution < 1.29 is 0 Å². The molecule has 1 unspecified atom stereocenters. The van der Waals surface area contributed by atoms with Crippen molar-refractivity contribution in [2.24, 2.45) is 0 Å². The average Bonchev–Trinajstić information content (AvgIpc) is 3.11. The minimum absolute atomic E-state index is 0.0939. The fourth-order valence-electron chi connectivity index (χ4n) is 1.84. The number of aromatic amines is 1. The predicted molar refractivity (Wildman–Crippen MR) is 72.0 cm³/mol. The van der Waals surface area contributed by atoms with Gasteiger partial charge in [-0.2, -0.15) is 5.10 Å². The fraction of sp³-hybridized carbons (Fsp3) is 0.154. The average molecular weight is 254 g/mol. The number of hydrogen-bond donors (Lipinski definition) is 2. The van der Waals surface area contributed by atoms with E-state index in [1.54, 1.807) is 23.3 Å². The van der Waals surface area contributed by atoms with E-state index in [1.165, 1.54) is 0 Å². The lowest BCUT2D eigenvalue weighted by atomic mass is 10.3. The highest BCUT2D eigenvalue weighted by atomic mass is 15.3. The molecule has 0 aromatic carbocycles. The van der Waals surface area contributed by atoms with Gasteiger partial charge in [-0.3, -0.25) is 0 Å². The summed E-state index contributed by atoms with van der Waals surface area (Å²) < 4.78 is 1.73. The van der Waals surface area contributed by atoms with Crippen LogP contribution in [0, 0.1) is 0 Å². The molecule has 3 aromatic heterocycles. The standard InChI is InChI=1S/C13H14N6/c1-10(13-15-6-7-16-13)18-11-8-17-19(9-11)12-4-2-3-5-14-12/h2-10,18H,1H3,(H,15,16). The second-order valence-electron chi connectivity index (χ2n) is 4.20. The Morgan fingerprint density at radius 1 is 1.26 bits per heavy atom. The third kappa shape index (κ3) is 2.47. The number of imidazole rings is 1. The SMILES string of the molecule is CC(Nc1cnn(-c2ccccn2)c1)c1ncc[nH]1. The molecule has 0 saturated heterocycles. The Balaban J connectivity index is 1.75. The highest BCUT2D eigenvalue weighted by Crippen LogP contribution is 2.16. The molecule has 0 aliphatic carbocycles. The van der Waals surface area contributed by atoms with Gasteiger partial charge in [-0.05, 0) is 19.1 Å². The molecule has 3 aromatic rings. The molecule has 6 heteroatoms. The van der Waals surface area contributed by atoms with Gasteiger partial charge >= 0.3 is 0 Å². The van der Waals surface area contributed by atoms with E-state index in [4.69, 9.17) is 0 Å². The molecular weight excluding hydrogens is 240 g/mol. The lowest BCUT2D eigenvalue weighted by Gasteiger charge is -2.10. The van der Waals surface area contributed by atoms with E-state index in [0.717, 1.165) is 17.3 Å². The van der Waals surface area contributed by atoms with E-state index in [1.807, 2.05) is 37.5 Å². The highest BCUT2D eigenvalue weighted by Gasteiger charge is 2.09. The van der Waals surface area contributed by atoms with Crippen LogP contribution in [0.25, 0.3) is 5.82 Å². The van der Waals surface area contributed by atoms with Gasteiger partial charge in [0.25, 0.3) is 0 Å². The summed E-state index contributed by atoms with van der Waals surface area (Å²) in [6, 6.07) is 5.82.